The van der Waals surface area contributed by atoms with Crippen LogP contribution in [-0.2, 0) is 12.8 Å². The van der Waals surface area contributed by atoms with Crippen LogP contribution in [0, 0.1) is 0 Å². The quantitative estimate of drug-likeness (QED) is 0.151. The van der Waals surface area contributed by atoms with Gasteiger partial charge in [-0.15, -0.1) is 0 Å². The number of hydrogen-bond donors (Lipinski definition) is 0. The third-order valence-electron chi connectivity index (χ3n) is 11.3. The Morgan fingerprint density at radius 1 is 0.352 bits per heavy atom. The molecule has 10 aromatic rings. The minimum atomic E-state index is 0.941. The van der Waals surface area contributed by atoms with Crippen LogP contribution in [-0.4, -0.2) is 4.57 Å². The Labute approximate surface area is 316 Å². The second-order valence-corrected chi connectivity index (χ2v) is 14.2. The lowest BCUT2D eigenvalue weighted by molar-refractivity contribution is 1.11. The van der Waals surface area contributed by atoms with Crippen LogP contribution in [0.15, 0.2) is 182 Å². The fraction of sp³-hybridized carbons (Fsp3) is 0.0769. The highest BCUT2D eigenvalue weighted by Gasteiger charge is 2.19. The highest BCUT2D eigenvalue weighted by molar-refractivity contribution is 6.25. The van der Waals surface area contributed by atoms with Crippen molar-refractivity contribution >= 4 is 71.2 Å². The summed E-state index contributed by atoms with van der Waals surface area (Å²) in [5.74, 6) is 0. The molecule has 0 atom stereocenters. The Morgan fingerprint density at radius 3 is 1.41 bits per heavy atom. The third-order valence-corrected chi connectivity index (χ3v) is 11.3. The van der Waals surface area contributed by atoms with Crippen molar-refractivity contribution in [2.24, 2.45) is 0 Å². The van der Waals surface area contributed by atoms with Gasteiger partial charge in [0.05, 0.1) is 11.0 Å². The van der Waals surface area contributed by atoms with Gasteiger partial charge in [0, 0.05) is 33.5 Å². The molecule has 0 aliphatic rings. The van der Waals surface area contributed by atoms with E-state index in [1.165, 1.54) is 76.4 Å². The second kappa shape index (κ2) is 13.1. The number of nitrogens with zero attached hydrogens (tertiary/aromatic N) is 2. The van der Waals surface area contributed by atoms with Crippen molar-refractivity contribution < 1.29 is 0 Å². The zero-order valence-electron chi connectivity index (χ0n) is 30.6. The van der Waals surface area contributed by atoms with Gasteiger partial charge in [0.15, 0.2) is 0 Å². The largest absolute Gasteiger partial charge is 0.310 e. The van der Waals surface area contributed by atoms with Gasteiger partial charge in [-0.1, -0.05) is 135 Å². The molecular weight excluding hydrogens is 653 g/mol. The van der Waals surface area contributed by atoms with Crippen molar-refractivity contribution in [2.45, 2.75) is 26.7 Å². The Hall–Kier alpha value is -6.64. The van der Waals surface area contributed by atoms with Gasteiger partial charge in [-0.05, 0) is 128 Å². The summed E-state index contributed by atoms with van der Waals surface area (Å²) in [6.07, 6.45) is 1.95. The van der Waals surface area contributed by atoms with Crippen LogP contribution in [0.4, 0.5) is 17.1 Å². The molecule has 0 spiro atoms. The van der Waals surface area contributed by atoms with Crippen LogP contribution in [0.3, 0.4) is 0 Å². The molecule has 0 radical (unpaired) electrons. The van der Waals surface area contributed by atoms with Gasteiger partial charge in [0.2, 0.25) is 0 Å². The molecule has 9 aromatic carbocycles. The van der Waals surface area contributed by atoms with E-state index < -0.39 is 0 Å². The fourth-order valence-corrected chi connectivity index (χ4v) is 8.80. The molecule has 54 heavy (non-hydrogen) atoms. The zero-order valence-corrected chi connectivity index (χ0v) is 30.6. The number of fused-ring (bicyclic) bond motifs is 9. The maximum atomic E-state index is 2.44. The molecule has 0 unspecified atom stereocenters. The lowest BCUT2D eigenvalue weighted by atomic mass is 9.92. The fourth-order valence-electron chi connectivity index (χ4n) is 8.80. The minimum absolute atomic E-state index is 0.941. The highest BCUT2D eigenvalue weighted by Crippen LogP contribution is 2.43. The van der Waals surface area contributed by atoms with E-state index in [-0.39, 0.29) is 0 Å². The molecule has 258 valence electrons. The summed E-state index contributed by atoms with van der Waals surface area (Å²) in [6, 6.07) is 67.1. The van der Waals surface area contributed by atoms with Crippen molar-refractivity contribution in [3.63, 3.8) is 0 Å². The average molecular weight is 693 g/mol. The molecule has 0 fully saturated rings. The number of para-hydroxylation sites is 2. The van der Waals surface area contributed by atoms with E-state index in [1.807, 2.05) is 0 Å². The van der Waals surface area contributed by atoms with Crippen molar-refractivity contribution in [3.8, 4) is 16.8 Å². The van der Waals surface area contributed by atoms with Crippen molar-refractivity contribution in [3.05, 3.63) is 193 Å². The van der Waals surface area contributed by atoms with Crippen molar-refractivity contribution in [2.75, 3.05) is 4.90 Å². The number of rotatable bonds is 7. The summed E-state index contributed by atoms with van der Waals surface area (Å²) in [6.45, 7) is 4.52. The van der Waals surface area contributed by atoms with E-state index in [2.05, 4.69) is 205 Å². The van der Waals surface area contributed by atoms with E-state index >= 15 is 0 Å². The van der Waals surface area contributed by atoms with Crippen LogP contribution in [0.1, 0.15) is 25.0 Å². The van der Waals surface area contributed by atoms with Gasteiger partial charge in [-0.2, -0.15) is 0 Å². The van der Waals surface area contributed by atoms with Gasteiger partial charge < -0.3 is 9.47 Å². The smallest absolute Gasteiger partial charge is 0.0541 e. The molecule has 0 bridgehead atoms. The Balaban J connectivity index is 1.18. The molecular formula is C52H40N2. The molecule has 0 aliphatic carbocycles. The molecule has 2 heteroatoms. The van der Waals surface area contributed by atoms with Gasteiger partial charge in [0.25, 0.3) is 0 Å². The Kier molecular flexibility index (Phi) is 7.77. The normalized spacial score (nSPS) is 11.7. The molecule has 0 N–H and O–H groups in total. The molecule has 1 heterocycles. The number of aromatic nitrogens is 1. The lowest BCUT2D eigenvalue weighted by Gasteiger charge is -2.28. The predicted molar refractivity (Wildman–Crippen MR) is 232 cm³/mol. The maximum Gasteiger partial charge on any atom is 0.0541 e. The van der Waals surface area contributed by atoms with Crippen LogP contribution in [0.5, 0.6) is 0 Å². The molecule has 0 saturated carbocycles. The number of anilines is 3. The molecule has 10 rings (SSSR count). The predicted octanol–water partition coefficient (Wildman–Crippen LogP) is 14.5. The summed E-state index contributed by atoms with van der Waals surface area (Å²) < 4.78 is 2.39. The number of aryl methyl sites for hydroxylation is 2. The summed E-state index contributed by atoms with van der Waals surface area (Å²) in [4.78, 5) is 2.44. The molecule has 0 saturated heterocycles. The van der Waals surface area contributed by atoms with E-state index in [4.69, 9.17) is 0 Å². The average Bonchev–Trinajstić information content (AvgIpc) is 3.58. The third kappa shape index (κ3) is 5.09. The first-order chi connectivity index (χ1) is 26.7. The Morgan fingerprint density at radius 2 is 0.796 bits per heavy atom. The van der Waals surface area contributed by atoms with Crippen LogP contribution in [0.25, 0.3) is 70.9 Å². The van der Waals surface area contributed by atoms with Crippen molar-refractivity contribution in [1.82, 2.24) is 4.57 Å². The minimum Gasteiger partial charge on any atom is -0.310 e. The summed E-state index contributed by atoms with van der Waals surface area (Å²) in [5.41, 5.74) is 12.4. The van der Waals surface area contributed by atoms with E-state index in [9.17, 15) is 0 Å². The van der Waals surface area contributed by atoms with Gasteiger partial charge >= 0.3 is 0 Å². The van der Waals surface area contributed by atoms with Crippen LogP contribution >= 0.6 is 0 Å². The molecule has 0 amide bonds. The van der Waals surface area contributed by atoms with Crippen LogP contribution < -0.4 is 4.90 Å². The molecule has 2 nitrogen and oxygen atoms in total. The first-order valence-corrected chi connectivity index (χ1v) is 19.1. The summed E-state index contributed by atoms with van der Waals surface area (Å²) in [5, 5.41) is 10.2. The van der Waals surface area contributed by atoms with Gasteiger partial charge in [-0.3, -0.25) is 0 Å². The summed E-state index contributed by atoms with van der Waals surface area (Å²) in [7, 11) is 0. The topological polar surface area (TPSA) is 8.17 Å². The maximum absolute atomic E-state index is 2.44. The summed E-state index contributed by atoms with van der Waals surface area (Å²) >= 11 is 0. The van der Waals surface area contributed by atoms with Gasteiger partial charge in [-0.25, -0.2) is 0 Å². The Bertz CT molecular complexity index is 2930. The number of hydrogen-bond acceptors (Lipinski definition) is 1. The molecule has 1 aromatic heterocycles. The van der Waals surface area contributed by atoms with E-state index in [0.717, 1.165) is 35.6 Å². The van der Waals surface area contributed by atoms with E-state index in [0.29, 0.717) is 0 Å². The SMILES string of the molecule is CCc1ccccc1-c1ccc(N(c2ccc(-n3c4ccccc4c4ccccc43)cc2)c2ccc3c4ccccc4c4ccccc4c3c2)cc1CC. The zero-order chi connectivity index (χ0) is 36.2. The van der Waals surface area contributed by atoms with Crippen molar-refractivity contribution in [1.29, 1.82) is 0 Å². The molecule has 0 aliphatic heterocycles. The lowest BCUT2D eigenvalue weighted by Crippen LogP contribution is -2.11. The van der Waals surface area contributed by atoms with E-state index in [1.54, 1.807) is 0 Å². The highest BCUT2D eigenvalue weighted by atomic mass is 15.1. The monoisotopic (exact) mass is 692 g/mol. The first kappa shape index (κ1) is 32.0. The van der Waals surface area contributed by atoms with Gasteiger partial charge in [0.1, 0.15) is 0 Å². The number of benzene rings is 9. The van der Waals surface area contributed by atoms with Crippen LogP contribution in [0.2, 0.25) is 0 Å². The second-order valence-electron chi connectivity index (χ2n) is 14.2. The standard InChI is InChI=1S/C52H40N2/c1-3-35-15-5-6-16-41(35)42-31-29-39(33-36(42)4-2)53(40-30-32-47-45-19-8-7-17-43(45)44-18-9-10-20-46(44)50(47)34-40)37-25-27-38(28-26-37)54-51-23-13-11-21-48(51)49-22-12-14-24-52(49)54/h5-34H,3-4H2,1-2H3. The first-order valence-electron chi connectivity index (χ1n) is 19.1.